The molecule has 0 aliphatic heterocycles. The fourth-order valence-electron chi connectivity index (χ4n) is 0.987. The number of carboxylic acid groups (broad SMARTS) is 1. The van der Waals surface area contributed by atoms with Gasteiger partial charge in [-0.25, -0.2) is 4.79 Å². The fourth-order valence-corrected chi connectivity index (χ4v) is 1.23. The molecule has 3 nitrogen and oxygen atoms in total. The van der Waals surface area contributed by atoms with Crippen LogP contribution in [0, 0.1) is 0 Å². The van der Waals surface area contributed by atoms with Gasteiger partial charge in [-0.05, 0) is 12.1 Å². The van der Waals surface area contributed by atoms with E-state index < -0.39 is 5.97 Å². The van der Waals surface area contributed by atoms with Gasteiger partial charge in [0, 0.05) is 22.2 Å². The number of rotatable bonds is 3. The summed E-state index contributed by atoms with van der Waals surface area (Å²) in [6, 6.07) is 4.79. The van der Waals surface area contributed by atoms with Crippen molar-refractivity contribution in [3.63, 3.8) is 0 Å². The van der Waals surface area contributed by atoms with Crippen LogP contribution >= 0.6 is 11.6 Å². The van der Waals surface area contributed by atoms with E-state index in [2.05, 4.69) is 0 Å². The van der Waals surface area contributed by atoms with Crippen molar-refractivity contribution in [1.82, 2.24) is 0 Å². The lowest BCUT2D eigenvalue weighted by Crippen LogP contribution is -1.90. The van der Waals surface area contributed by atoms with Crippen LogP contribution in [0.1, 0.15) is 15.9 Å². The van der Waals surface area contributed by atoms with Gasteiger partial charge in [0.05, 0.1) is 0 Å². The highest BCUT2D eigenvalue weighted by Crippen LogP contribution is 2.20. The summed E-state index contributed by atoms with van der Waals surface area (Å²) in [5, 5.41) is 8.76. The van der Waals surface area contributed by atoms with Crippen molar-refractivity contribution >= 4 is 29.9 Å². The largest absolute Gasteiger partial charge is 0.478 e. The van der Waals surface area contributed by atoms with Gasteiger partial charge in [0.2, 0.25) is 0 Å². The van der Waals surface area contributed by atoms with Crippen molar-refractivity contribution in [3.05, 3.63) is 40.4 Å². The molecule has 0 aliphatic rings. The molecule has 0 atom stereocenters. The highest BCUT2D eigenvalue weighted by molar-refractivity contribution is 6.32. The van der Waals surface area contributed by atoms with Gasteiger partial charge < -0.3 is 5.11 Å². The predicted molar refractivity (Wildman–Crippen MR) is 53.5 cm³/mol. The Bertz CT molecular complexity index is 396. The summed E-state index contributed by atoms with van der Waals surface area (Å²) >= 11 is 5.79. The number of benzene rings is 1. The topological polar surface area (TPSA) is 54.4 Å². The van der Waals surface area contributed by atoms with Gasteiger partial charge in [-0.15, -0.1) is 0 Å². The summed E-state index contributed by atoms with van der Waals surface area (Å²) in [6.07, 6.45) is 2.87. The Hall–Kier alpha value is -1.61. The highest BCUT2D eigenvalue weighted by Gasteiger charge is 2.02. The van der Waals surface area contributed by atoms with E-state index in [0.29, 0.717) is 22.4 Å². The molecular weight excluding hydrogens is 204 g/mol. The molecule has 4 heteroatoms. The zero-order chi connectivity index (χ0) is 10.6. The van der Waals surface area contributed by atoms with Gasteiger partial charge in [-0.1, -0.05) is 23.7 Å². The van der Waals surface area contributed by atoms with Gasteiger partial charge in [0.1, 0.15) is 0 Å². The molecule has 0 bridgehead atoms. The summed E-state index contributed by atoms with van der Waals surface area (Å²) in [5.41, 5.74) is 0.793. The van der Waals surface area contributed by atoms with E-state index in [1.807, 2.05) is 0 Å². The van der Waals surface area contributed by atoms with Crippen molar-refractivity contribution < 1.29 is 14.7 Å². The normalized spacial score (nSPS) is 10.4. The predicted octanol–water partition coefficient (Wildman–Crippen LogP) is 2.25. The van der Waals surface area contributed by atoms with E-state index in [0.717, 1.165) is 6.08 Å². The number of carbonyl (C=O) groups is 2. The Balaban J connectivity index is 3.17. The molecule has 72 valence electrons. The zero-order valence-corrected chi connectivity index (χ0v) is 7.86. The van der Waals surface area contributed by atoms with Gasteiger partial charge in [-0.2, -0.15) is 0 Å². The van der Waals surface area contributed by atoms with E-state index in [1.54, 1.807) is 18.2 Å². The molecule has 0 saturated carbocycles. The third-order valence-electron chi connectivity index (χ3n) is 1.61. The molecule has 0 saturated heterocycles. The second-order valence-electron chi connectivity index (χ2n) is 2.53. The Morgan fingerprint density at radius 2 is 2.14 bits per heavy atom. The van der Waals surface area contributed by atoms with E-state index in [1.165, 1.54) is 6.08 Å². The molecule has 0 fully saturated rings. The lowest BCUT2D eigenvalue weighted by molar-refractivity contribution is -0.131. The number of hydrogen-bond acceptors (Lipinski definition) is 2. The fraction of sp³-hybridized carbons (Fsp3) is 0. The molecule has 0 spiro atoms. The average Bonchev–Trinajstić information content (AvgIpc) is 2.15. The van der Waals surface area contributed by atoms with Crippen molar-refractivity contribution in [1.29, 1.82) is 0 Å². The van der Waals surface area contributed by atoms with E-state index >= 15 is 0 Å². The van der Waals surface area contributed by atoms with Gasteiger partial charge in [0.25, 0.3) is 0 Å². The molecule has 14 heavy (non-hydrogen) atoms. The Labute approximate surface area is 85.6 Å². The summed E-state index contributed by atoms with van der Waals surface area (Å²) < 4.78 is 0. The van der Waals surface area contributed by atoms with Crippen LogP contribution < -0.4 is 0 Å². The first-order chi connectivity index (χ1) is 6.65. The molecule has 0 aromatic heterocycles. The first-order valence-electron chi connectivity index (χ1n) is 3.80. The Kier molecular flexibility index (Phi) is 3.42. The molecule has 0 unspecified atom stereocenters. The minimum Gasteiger partial charge on any atom is -0.478 e. The Morgan fingerprint density at radius 1 is 1.43 bits per heavy atom. The molecule has 1 aromatic rings. The number of carboxylic acids is 1. The summed E-state index contributed by atoms with van der Waals surface area (Å²) in [5.74, 6) is -1.08. The molecule has 1 rings (SSSR count). The SMILES string of the molecule is O=Cc1cccc(Cl)c1C=CC(=O)O. The molecular formula is C10H7ClO3. The monoisotopic (exact) mass is 210 g/mol. The molecule has 1 N–H and O–H groups in total. The number of aliphatic carboxylic acids is 1. The number of halogens is 1. The first-order valence-corrected chi connectivity index (χ1v) is 4.17. The maximum Gasteiger partial charge on any atom is 0.328 e. The van der Waals surface area contributed by atoms with Crippen LogP contribution in [0.5, 0.6) is 0 Å². The van der Waals surface area contributed by atoms with Crippen LogP contribution in [0.15, 0.2) is 24.3 Å². The molecule has 0 heterocycles. The lowest BCUT2D eigenvalue weighted by atomic mass is 10.1. The van der Waals surface area contributed by atoms with Crippen LogP contribution in [0.2, 0.25) is 5.02 Å². The Morgan fingerprint density at radius 3 is 2.71 bits per heavy atom. The van der Waals surface area contributed by atoms with E-state index in [4.69, 9.17) is 16.7 Å². The van der Waals surface area contributed by atoms with Gasteiger partial charge in [-0.3, -0.25) is 4.79 Å². The smallest absolute Gasteiger partial charge is 0.328 e. The van der Waals surface area contributed by atoms with Crippen LogP contribution in [0.25, 0.3) is 6.08 Å². The first kappa shape index (κ1) is 10.5. The number of aldehydes is 1. The molecule has 0 amide bonds. The molecule has 0 aliphatic carbocycles. The van der Waals surface area contributed by atoms with Crippen LogP contribution in [-0.2, 0) is 4.79 Å². The van der Waals surface area contributed by atoms with Gasteiger partial charge >= 0.3 is 5.97 Å². The zero-order valence-electron chi connectivity index (χ0n) is 7.11. The number of hydrogen-bond donors (Lipinski definition) is 1. The van der Waals surface area contributed by atoms with Crippen LogP contribution in [-0.4, -0.2) is 17.4 Å². The average molecular weight is 211 g/mol. The van der Waals surface area contributed by atoms with Gasteiger partial charge in [0.15, 0.2) is 6.29 Å². The third-order valence-corrected chi connectivity index (χ3v) is 1.94. The van der Waals surface area contributed by atoms with Crippen molar-refractivity contribution in [2.45, 2.75) is 0 Å². The maximum atomic E-state index is 10.6. The summed E-state index contributed by atoms with van der Waals surface area (Å²) in [7, 11) is 0. The standard InChI is InChI=1S/C10H7ClO3/c11-9-3-1-2-7(6-12)8(9)4-5-10(13)14/h1-6H,(H,13,14). The second kappa shape index (κ2) is 4.58. The summed E-state index contributed by atoms with van der Waals surface area (Å²) in [6.45, 7) is 0. The summed E-state index contributed by atoms with van der Waals surface area (Å²) in [4.78, 5) is 20.8. The quantitative estimate of drug-likeness (QED) is 0.615. The lowest BCUT2D eigenvalue weighted by Gasteiger charge is -2.00. The van der Waals surface area contributed by atoms with Crippen LogP contribution in [0.3, 0.4) is 0 Å². The minimum atomic E-state index is -1.08. The second-order valence-corrected chi connectivity index (χ2v) is 2.94. The van der Waals surface area contributed by atoms with E-state index in [9.17, 15) is 9.59 Å². The maximum absolute atomic E-state index is 10.6. The highest BCUT2D eigenvalue weighted by atomic mass is 35.5. The minimum absolute atomic E-state index is 0.354. The van der Waals surface area contributed by atoms with E-state index in [-0.39, 0.29) is 0 Å². The van der Waals surface area contributed by atoms with Crippen molar-refractivity contribution in [2.75, 3.05) is 0 Å². The third kappa shape index (κ3) is 2.44. The molecule has 1 aromatic carbocycles. The van der Waals surface area contributed by atoms with Crippen molar-refractivity contribution in [2.24, 2.45) is 0 Å². The van der Waals surface area contributed by atoms with Crippen molar-refractivity contribution in [3.8, 4) is 0 Å². The molecule has 0 radical (unpaired) electrons. The van der Waals surface area contributed by atoms with Crippen LogP contribution in [0.4, 0.5) is 0 Å². The number of carbonyl (C=O) groups excluding carboxylic acids is 1.